The Morgan fingerprint density at radius 3 is 1.88 bits per heavy atom. The fraction of sp³-hybridized carbons (Fsp3) is 0.286. The Morgan fingerprint density at radius 2 is 1.35 bits per heavy atom. The van der Waals surface area contributed by atoms with Crippen LogP contribution in [0, 0.1) is 0 Å². The highest BCUT2D eigenvalue weighted by molar-refractivity contribution is 5.82. The predicted molar refractivity (Wildman–Crippen MR) is 135 cm³/mol. The number of aliphatic carboxylic acids is 1. The lowest BCUT2D eigenvalue weighted by Crippen LogP contribution is -2.56. The molecule has 0 heterocycles. The van der Waals surface area contributed by atoms with Crippen LogP contribution < -0.4 is 5.01 Å². The highest BCUT2D eigenvalue weighted by Gasteiger charge is 2.32. The lowest BCUT2D eigenvalue weighted by Gasteiger charge is -2.41. The number of benzene rings is 3. The van der Waals surface area contributed by atoms with E-state index in [2.05, 4.69) is 0 Å². The average Bonchev–Trinajstić information content (AvgIpc) is 2.86. The Morgan fingerprint density at radius 1 is 0.824 bits per heavy atom. The summed E-state index contributed by atoms with van der Waals surface area (Å²) in [6.07, 6.45) is 0.487. The molecule has 0 unspecified atom stereocenters. The van der Waals surface area contributed by atoms with Crippen LogP contribution in [0.5, 0.6) is 0 Å². The molecule has 1 atom stereocenters. The van der Waals surface area contributed by atoms with Crippen molar-refractivity contribution in [3.63, 3.8) is 0 Å². The van der Waals surface area contributed by atoms with Crippen LogP contribution in [-0.4, -0.2) is 53.1 Å². The molecule has 3 aromatic carbocycles. The molecule has 3 rings (SSSR count). The van der Waals surface area contributed by atoms with Gasteiger partial charge in [0.2, 0.25) is 5.91 Å². The van der Waals surface area contributed by atoms with Crippen molar-refractivity contribution in [2.75, 3.05) is 25.1 Å². The van der Waals surface area contributed by atoms with E-state index in [1.165, 1.54) is 0 Å². The van der Waals surface area contributed by atoms with Crippen LogP contribution in [0.2, 0.25) is 0 Å². The van der Waals surface area contributed by atoms with Crippen LogP contribution in [0.1, 0.15) is 24.5 Å². The highest BCUT2D eigenvalue weighted by atomic mass is 16.4. The third-order valence-electron chi connectivity index (χ3n) is 5.78. The summed E-state index contributed by atoms with van der Waals surface area (Å²) in [6, 6.07) is 29.0. The monoisotopic (exact) mass is 459 g/mol. The van der Waals surface area contributed by atoms with Crippen molar-refractivity contribution in [1.82, 2.24) is 9.91 Å². The van der Waals surface area contributed by atoms with E-state index in [4.69, 9.17) is 0 Å². The van der Waals surface area contributed by atoms with Crippen molar-refractivity contribution < 1.29 is 14.7 Å². The van der Waals surface area contributed by atoms with E-state index < -0.39 is 12.0 Å². The number of hydrazine groups is 1. The molecule has 0 fully saturated rings. The maximum atomic E-state index is 13.9. The van der Waals surface area contributed by atoms with Crippen molar-refractivity contribution in [3.8, 4) is 0 Å². The van der Waals surface area contributed by atoms with Crippen LogP contribution in [0.25, 0.3) is 0 Å². The zero-order chi connectivity index (χ0) is 24.3. The summed E-state index contributed by atoms with van der Waals surface area (Å²) < 4.78 is 0. The maximum Gasteiger partial charge on any atom is 0.305 e. The van der Waals surface area contributed by atoms with E-state index >= 15 is 0 Å². The SMILES string of the molecule is CCN([C@@H](Cc1ccccc1)C(=O)N(C)Cc1ccccc1)N(CCC(=O)O)c1ccccc1. The molecule has 0 radical (unpaired) electrons. The van der Waals surface area contributed by atoms with Crippen LogP contribution >= 0.6 is 0 Å². The van der Waals surface area contributed by atoms with Gasteiger partial charge in [-0.15, -0.1) is 0 Å². The molecule has 0 aliphatic heterocycles. The summed E-state index contributed by atoms with van der Waals surface area (Å²) in [5.41, 5.74) is 2.98. The molecule has 0 aliphatic rings. The number of anilines is 1. The van der Waals surface area contributed by atoms with Crippen LogP contribution in [0.4, 0.5) is 5.69 Å². The van der Waals surface area contributed by atoms with E-state index in [1.807, 2.05) is 115 Å². The number of hydrogen-bond acceptors (Lipinski definition) is 4. The number of carbonyl (C=O) groups excluding carboxylic acids is 1. The number of carbonyl (C=O) groups is 2. The van der Waals surface area contributed by atoms with E-state index in [0.717, 1.165) is 16.8 Å². The second kappa shape index (κ2) is 12.6. The molecule has 34 heavy (non-hydrogen) atoms. The van der Waals surface area contributed by atoms with Crippen molar-refractivity contribution in [2.24, 2.45) is 0 Å². The van der Waals surface area contributed by atoms with Gasteiger partial charge in [-0.25, -0.2) is 5.01 Å². The summed E-state index contributed by atoms with van der Waals surface area (Å²) in [6.45, 7) is 3.33. The number of rotatable bonds is 12. The molecule has 178 valence electrons. The fourth-order valence-corrected chi connectivity index (χ4v) is 4.11. The van der Waals surface area contributed by atoms with Gasteiger partial charge in [-0.2, -0.15) is 0 Å². The first kappa shape index (κ1) is 25.0. The Hall–Kier alpha value is -3.64. The van der Waals surface area contributed by atoms with Gasteiger partial charge in [0, 0.05) is 26.7 Å². The van der Waals surface area contributed by atoms with Crippen LogP contribution in [-0.2, 0) is 22.6 Å². The van der Waals surface area contributed by atoms with Gasteiger partial charge in [0.25, 0.3) is 0 Å². The number of amides is 1. The van der Waals surface area contributed by atoms with Crippen LogP contribution in [0.15, 0.2) is 91.0 Å². The first-order chi connectivity index (χ1) is 16.5. The number of nitrogens with zero attached hydrogens (tertiary/aromatic N) is 3. The molecule has 6 heteroatoms. The molecule has 0 spiro atoms. The van der Waals surface area contributed by atoms with Gasteiger partial charge in [0.05, 0.1) is 12.1 Å². The number of carboxylic acids is 1. The second-order valence-electron chi connectivity index (χ2n) is 8.24. The molecule has 0 saturated heterocycles. The van der Waals surface area contributed by atoms with Crippen molar-refractivity contribution in [3.05, 3.63) is 102 Å². The van der Waals surface area contributed by atoms with E-state index in [1.54, 1.807) is 4.90 Å². The van der Waals surface area contributed by atoms with E-state index in [9.17, 15) is 14.7 Å². The summed E-state index contributed by atoms with van der Waals surface area (Å²) in [5, 5.41) is 13.3. The zero-order valence-corrected chi connectivity index (χ0v) is 19.9. The molecule has 0 aliphatic carbocycles. The van der Waals surface area contributed by atoms with Gasteiger partial charge in [0.15, 0.2) is 0 Å². The van der Waals surface area contributed by atoms with Gasteiger partial charge in [-0.1, -0.05) is 85.8 Å². The zero-order valence-electron chi connectivity index (χ0n) is 19.9. The van der Waals surface area contributed by atoms with Crippen molar-refractivity contribution in [2.45, 2.75) is 32.4 Å². The van der Waals surface area contributed by atoms with Gasteiger partial charge in [0.1, 0.15) is 6.04 Å². The quantitative estimate of drug-likeness (QED) is 0.405. The fourth-order valence-electron chi connectivity index (χ4n) is 4.11. The first-order valence-corrected chi connectivity index (χ1v) is 11.6. The average molecular weight is 460 g/mol. The predicted octanol–water partition coefficient (Wildman–Crippen LogP) is 4.47. The molecule has 3 aromatic rings. The molecular weight excluding hydrogens is 426 g/mol. The number of likely N-dealkylation sites (N-methyl/N-ethyl adjacent to an activating group) is 2. The third-order valence-corrected chi connectivity index (χ3v) is 5.78. The smallest absolute Gasteiger partial charge is 0.305 e. The minimum Gasteiger partial charge on any atom is -0.481 e. The Balaban J connectivity index is 1.95. The molecule has 1 amide bonds. The van der Waals surface area contributed by atoms with E-state index in [0.29, 0.717) is 19.5 Å². The third kappa shape index (κ3) is 6.93. The lowest BCUT2D eigenvalue weighted by atomic mass is 10.0. The molecule has 0 aromatic heterocycles. The van der Waals surface area contributed by atoms with Gasteiger partial charge < -0.3 is 15.0 Å². The lowest BCUT2D eigenvalue weighted by molar-refractivity contribution is -0.137. The highest BCUT2D eigenvalue weighted by Crippen LogP contribution is 2.22. The first-order valence-electron chi connectivity index (χ1n) is 11.6. The molecule has 6 nitrogen and oxygen atoms in total. The minimum atomic E-state index is -0.871. The largest absolute Gasteiger partial charge is 0.481 e. The normalized spacial score (nSPS) is 11.7. The van der Waals surface area contributed by atoms with Crippen molar-refractivity contribution >= 4 is 17.6 Å². The van der Waals surface area contributed by atoms with Gasteiger partial charge >= 0.3 is 5.97 Å². The topological polar surface area (TPSA) is 64.1 Å². The summed E-state index contributed by atoms with van der Waals surface area (Å²) in [4.78, 5) is 27.1. The summed E-state index contributed by atoms with van der Waals surface area (Å²) in [5.74, 6) is -0.880. The van der Waals surface area contributed by atoms with Gasteiger partial charge in [-0.3, -0.25) is 9.59 Å². The summed E-state index contributed by atoms with van der Waals surface area (Å²) in [7, 11) is 1.82. The number of hydrogen-bond donors (Lipinski definition) is 1. The van der Waals surface area contributed by atoms with Gasteiger partial charge in [-0.05, 0) is 29.7 Å². The van der Waals surface area contributed by atoms with E-state index in [-0.39, 0.29) is 18.9 Å². The number of para-hydroxylation sites is 1. The Kier molecular flexibility index (Phi) is 9.23. The summed E-state index contributed by atoms with van der Waals surface area (Å²) >= 11 is 0. The second-order valence-corrected chi connectivity index (χ2v) is 8.24. The molecule has 0 saturated carbocycles. The minimum absolute atomic E-state index is 0.00851. The molecule has 0 bridgehead atoms. The maximum absolute atomic E-state index is 13.9. The van der Waals surface area contributed by atoms with Crippen LogP contribution in [0.3, 0.4) is 0 Å². The Bertz CT molecular complexity index is 1030. The Labute approximate surface area is 202 Å². The molecule has 1 N–H and O–H groups in total. The standard InChI is InChI=1S/C28H33N3O3/c1-3-30(31(20-19-27(32)33)25-17-11-6-12-18-25)26(21-23-13-7-4-8-14-23)28(34)29(2)22-24-15-9-5-10-16-24/h4-18,26H,3,19-22H2,1-2H3,(H,32,33)/t26-/m0/s1. The molecular formula is C28H33N3O3. The van der Waals surface area contributed by atoms with Crippen molar-refractivity contribution in [1.29, 1.82) is 0 Å². The number of carboxylic acid groups (broad SMARTS) is 1.